The number of benzene rings is 2. The lowest BCUT2D eigenvalue weighted by molar-refractivity contribution is -0.127. The van der Waals surface area contributed by atoms with Crippen LogP contribution in [0.2, 0.25) is 0 Å². The molecule has 10 heteroatoms. The first-order valence-electron chi connectivity index (χ1n) is 10.6. The van der Waals surface area contributed by atoms with Crippen LogP contribution < -0.4 is 24.8 Å². The van der Waals surface area contributed by atoms with Gasteiger partial charge in [-0.3, -0.25) is 9.59 Å². The van der Waals surface area contributed by atoms with Gasteiger partial charge in [-0.25, -0.2) is 9.69 Å². The highest BCUT2D eigenvalue weighted by Gasteiger charge is 2.35. The number of amides is 4. The molecule has 180 valence electrons. The van der Waals surface area contributed by atoms with E-state index < -0.39 is 24.4 Å². The summed E-state index contributed by atoms with van der Waals surface area (Å²) in [7, 11) is 3.02. The van der Waals surface area contributed by atoms with Crippen molar-refractivity contribution in [3.8, 4) is 17.2 Å². The minimum Gasteiger partial charge on any atom is -0.495 e. The van der Waals surface area contributed by atoms with E-state index in [-0.39, 0.29) is 11.8 Å². The minimum atomic E-state index is -0.676. The van der Waals surface area contributed by atoms with Gasteiger partial charge in [0.15, 0.2) is 11.5 Å². The number of methoxy groups -OCH3 is 2. The van der Waals surface area contributed by atoms with Gasteiger partial charge in [0.05, 0.1) is 29.6 Å². The van der Waals surface area contributed by atoms with Crippen LogP contribution >= 0.6 is 22.6 Å². The van der Waals surface area contributed by atoms with E-state index in [2.05, 4.69) is 33.2 Å². The number of ether oxygens (including phenoxy) is 3. The number of halogens is 1. The van der Waals surface area contributed by atoms with Crippen LogP contribution in [0.15, 0.2) is 42.1 Å². The highest BCUT2D eigenvalue weighted by molar-refractivity contribution is 14.1. The van der Waals surface area contributed by atoms with Crippen LogP contribution in [0.1, 0.15) is 25.8 Å². The fourth-order valence-corrected chi connectivity index (χ4v) is 3.94. The normalized spacial score (nSPS) is 15.2. The van der Waals surface area contributed by atoms with Gasteiger partial charge in [-0.2, -0.15) is 0 Å². The third kappa shape index (κ3) is 5.79. The van der Waals surface area contributed by atoms with E-state index in [1.165, 1.54) is 20.3 Å². The Morgan fingerprint density at radius 2 is 1.88 bits per heavy atom. The van der Waals surface area contributed by atoms with Gasteiger partial charge < -0.3 is 24.8 Å². The first-order chi connectivity index (χ1) is 16.3. The number of nitrogens with one attached hydrogen (secondary N) is 2. The fourth-order valence-electron chi connectivity index (χ4n) is 3.19. The number of rotatable bonds is 9. The Morgan fingerprint density at radius 3 is 2.56 bits per heavy atom. The van der Waals surface area contributed by atoms with Crippen molar-refractivity contribution in [1.29, 1.82) is 0 Å². The van der Waals surface area contributed by atoms with Gasteiger partial charge in [0, 0.05) is 0 Å². The lowest BCUT2D eigenvalue weighted by Gasteiger charge is -2.17. The van der Waals surface area contributed by atoms with E-state index in [0.29, 0.717) is 28.5 Å². The molecule has 0 aliphatic carbocycles. The maximum absolute atomic E-state index is 12.8. The molecule has 1 saturated heterocycles. The number of anilines is 1. The average molecular weight is 579 g/mol. The Morgan fingerprint density at radius 1 is 1.18 bits per heavy atom. The molecule has 0 unspecified atom stereocenters. The average Bonchev–Trinajstić information content (AvgIpc) is 3.07. The molecular formula is C24H26IN3O6. The van der Waals surface area contributed by atoms with Crippen molar-refractivity contribution in [3.63, 3.8) is 0 Å². The number of hydrogen-bond donors (Lipinski definition) is 2. The van der Waals surface area contributed by atoms with Crippen molar-refractivity contribution in [2.75, 3.05) is 26.1 Å². The minimum absolute atomic E-state index is 0.0119. The predicted molar refractivity (Wildman–Crippen MR) is 136 cm³/mol. The van der Waals surface area contributed by atoms with Crippen LogP contribution in [0.5, 0.6) is 17.2 Å². The molecule has 2 aromatic carbocycles. The van der Waals surface area contributed by atoms with E-state index in [0.717, 1.165) is 14.9 Å². The number of para-hydroxylation sites is 2. The van der Waals surface area contributed by atoms with E-state index in [1.54, 1.807) is 30.3 Å². The number of nitrogens with zero attached hydrogens (tertiary/aromatic N) is 1. The second kappa shape index (κ2) is 11.2. The highest BCUT2D eigenvalue weighted by atomic mass is 127. The molecule has 3 rings (SSSR count). The zero-order valence-electron chi connectivity index (χ0n) is 19.3. The molecule has 1 aliphatic rings. The molecule has 1 heterocycles. The smallest absolute Gasteiger partial charge is 0.329 e. The van der Waals surface area contributed by atoms with Gasteiger partial charge in [0.2, 0.25) is 5.91 Å². The Labute approximate surface area is 211 Å². The predicted octanol–water partition coefficient (Wildman–Crippen LogP) is 4.02. The van der Waals surface area contributed by atoms with E-state index in [4.69, 9.17) is 14.2 Å². The Hall–Kier alpha value is -3.28. The van der Waals surface area contributed by atoms with Gasteiger partial charge in [-0.05, 0) is 71.8 Å². The van der Waals surface area contributed by atoms with E-state index >= 15 is 0 Å². The Bertz CT molecular complexity index is 1130. The van der Waals surface area contributed by atoms with Crippen molar-refractivity contribution in [3.05, 3.63) is 51.2 Å². The second-order valence-electron chi connectivity index (χ2n) is 7.50. The third-order valence-corrected chi connectivity index (χ3v) is 5.90. The molecular weight excluding hydrogens is 553 g/mol. The molecule has 1 atom stereocenters. The van der Waals surface area contributed by atoms with Gasteiger partial charge in [-0.1, -0.05) is 19.1 Å². The lowest BCUT2D eigenvalue weighted by Crippen LogP contribution is -2.38. The van der Waals surface area contributed by atoms with Gasteiger partial charge >= 0.3 is 6.03 Å². The maximum atomic E-state index is 12.8. The van der Waals surface area contributed by atoms with Gasteiger partial charge in [0.25, 0.3) is 5.91 Å². The summed E-state index contributed by atoms with van der Waals surface area (Å²) >= 11 is 2.14. The van der Waals surface area contributed by atoms with Crippen molar-refractivity contribution in [1.82, 2.24) is 10.2 Å². The number of carbonyl (C=O) groups is 3. The Balaban J connectivity index is 1.76. The van der Waals surface area contributed by atoms with E-state index in [1.807, 2.05) is 19.9 Å². The zero-order chi connectivity index (χ0) is 24.8. The molecule has 1 fully saturated rings. The maximum Gasteiger partial charge on any atom is 0.329 e. The summed E-state index contributed by atoms with van der Waals surface area (Å²) in [4.78, 5) is 38.6. The van der Waals surface area contributed by atoms with Gasteiger partial charge in [0.1, 0.15) is 18.0 Å². The summed E-state index contributed by atoms with van der Waals surface area (Å²) in [6, 6.07) is 9.73. The topological polar surface area (TPSA) is 106 Å². The number of urea groups is 1. The molecule has 0 radical (unpaired) electrons. The lowest BCUT2D eigenvalue weighted by atomic mass is 10.1. The van der Waals surface area contributed by atoms with Crippen LogP contribution in [-0.4, -0.2) is 49.6 Å². The zero-order valence-corrected chi connectivity index (χ0v) is 21.5. The molecule has 0 aromatic heterocycles. The molecule has 0 saturated carbocycles. The molecule has 4 amide bonds. The largest absolute Gasteiger partial charge is 0.495 e. The van der Waals surface area contributed by atoms with Gasteiger partial charge in [-0.15, -0.1) is 0 Å². The Kier molecular flexibility index (Phi) is 8.37. The molecule has 0 spiro atoms. The molecule has 0 bridgehead atoms. The summed E-state index contributed by atoms with van der Waals surface area (Å²) in [6.07, 6.45) is 2.39. The standard InChI is InChI=1S/C24H26IN3O6/c1-5-14(2)34-22-16(25)10-15(12-20(22)33-4)11-18-23(30)28(24(31)27-18)13-21(29)26-17-8-6-7-9-19(17)32-3/h6-12,14H,5,13H2,1-4H3,(H,26,29)(H,27,31)/b18-11+/t14-/m1/s1. The number of hydrogen-bond acceptors (Lipinski definition) is 6. The monoisotopic (exact) mass is 579 g/mol. The summed E-state index contributed by atoms with van der Waals surface area (Å²) in [6.45, 7) is 3.55. The second-order valence-corrected chi connectivity index (χ2v) is 8.66. The summed E-state index contributed by atoms with van der Waals surface area (Å²) < 4.78 is 17.4. The molecule has 9 nitrogen and oxygen atoms in total. The number of carbonyl (C=O) groups excluding carboxylic acids is 3. The molecule has 34 heavy (non-hydrogen) atoms. The van der Waals surface area contributed by atoms with Crippen LogP contribution in [0, 0.1) is 3.57 Å². The van der Waals surface area contributed by atoms with Crippen LogP contribution in [0.4, 0.5) is 10.5 Å². The summed E-state index contributed by atoms with van der Waals surface area (Å²) in [5.74, 6) is 0.476. The van der Waals surface area contributed by atoms with Crippen LogP contribution in [0.25, 0.3) is 6.08 Å². The molecule has 1 aliphatic heterocycles. The molecule has 2 N–H and O–H groups in total. The quantitative estimate of drug-likeness (QED) is 0.264. The van der Waals surface area contributed by atoms with Crippen LogP contribution in [0.3, 0.4) is 0 Å². The van der Waals surface area contributed by atoms with Crippen LogP contribution in [-0.2, 0) is 9.59 Å². The fraction of sp³-hybridized carbons (Fsp3) is 0.292. The first-order valence-corrected chi connectivity index (χ1v) is 11.7. The molecule has 2 aromatic rings. The van der Waals surface area contributed by atoms with Crippen molar-refractivity contribution >= 4 is 52.2 Å². The van der Waals surface area contributed by atoms with Crippen molar-refractivity contribution in [2.45, 2.75) is 26.4 Å². The highest BCUT2D eigenvalue weighted by Crippen LogP contribution is 2.35. The van der Waals surface area contributed by atoms with Crippen molar-refractivity contribution in [2.24, 2.45) is 0 Å². The van der Waals surface area contributed by atoms with E-state index in [9.17, 15) is 14.4 Å². The van der Waals surface area contributed by atoms with Crippen molar-refractivity contribution < 1.29 is 28.6 Å². The number of imide groups is 1. The summed E-state index contributed by atoms with van der Waals surface area (Å²) in [5, 5.41) is 5.18. The SMILES string of the molecule is CC[C@@H](C)Oc1c(I)cc(/C=C2/NC(=O)N(CC(=O)Nc3ccccc3OC)C2=O)cc1OC. The third-order valence-electron chi connectivity index (χ3n) is 5.10. The summed E-state index contributed by atoms with van der Waals surface area (Å²) in [5.41, 5.74) is 1.14. The first kappa shape index (κ1) is 25.3.